The van der Waals surface area contributed by atoms with Gasteiger partial charge in [0.15, 0.2) is 0 Å². The predicted octanol–water partition coefficient (Wildman–Crippen LogP) is 4.51. The Balaban J connectivity index is 2.11. The molecule has 2 nitrogen and oxygen atoms in total. The number of amides is 1. The molecular weight excluding hydrogens is 310 g/mol. The molecule has 0 unspecified atom stereocenters. The van der Waals surface area contributed by atoms with Gasteiger partial charge >= 0.3 is 0 Å². The second-order valence-corrected chi connectivity index (χ2v) is 5.95. The molecule has 4 heteroatoms. The van der Waals surface area contributed by atoms with E-state index >= 15 is 0 Å². The van der Waals surface area contributed by atoms with Crippen LogP contribution < -0.4 is 5.32 Å². The molecule has 0 aliphatic carbocycles. The number of hydrogen-bond donors (Lipinski definition) is 1. The number of thiophene rings is 1. The van der Waals surface area contributed by atoms with E-state index in [-0.39, 0.29) is 5.91 Å². The summed E-state index contributed by atoms with van der Waals surface area (Å²) in [6.45, 7) is 4.10. The number of carbonyl (C=O) groups is 1. The molecule has 1 heterocycles. The van der Waals surface area contributed by atoms with Crippen molar-refractivity contribution in [2.24, 2.45) is 0 Å². The number of aryl methyl sites for hydroxylation is 2. The molecule has 2 aromatic rings. The first kappa shape index (κ1) is 13.3. The van der Waals surface area contributed by atoms with Gasteiger partial charge in [-0.1, -0.05) is 28.1 Å². The van der Waals surface area contributed by atoms with Crippen LogP contribution in [0.2, 0.25) is 0 Å². The second kappa shape index (κ2) is 5.67. The molecule has 1 aromatic heterocycles. The van der Waals surface area contributed by atoms with Gasteiger partial charge in [-0.2, -0.15) is 0 Å². The Morgan fingerprint density at radius 1 is 1.28 bits per heavy atom. The molecular formula is C14H14BrNOS. The molecule has 0 spiro atoms. The fourth-order valence-corrected chi connectivity index (χ4v) is 2.87. The van der Waals surface area contributed by atoms with E-state index in [1.807, 2.05) is 37.3 Å². The van der Waals surface area contributed by atoms with E-state index in [0.717, 1.165) is 15.9 Å². The van der Waals surface area contributed by atoms with Gasteiger partial charge in [0.1, 0.15) is 0 Å². The highest BCUT2D eigenvalue weighted by Crippen LogP contribution is 2.25. The Hall–Kier alpha value is -1.13. The molecule has 1 N–H and O–H groups in total. The molecule has 0 saturated heterocycles. The van der Waals surface area contributed by atoms with E-state index < -0.39 is 0 Å². The van der Waals surface area contributed by atoms with E-state index in [4.69, 9.17) is 0 Å². The summed E-state index contributed by atoms with van der Waals surface area (Å²) >= 11 is 4.99. The normalized spacial score (nSPS) is 10.4. The minimum atomic E-state index is -0.0580. The predicted molar refractivity (Wildman–Crippen MR) is 80.8 cm³/mol. The lowest BCUT2D eigenvalue weighted by Crippen LogP contribution is -2.10. The lowest BCUT2D eigenvalue weighted by molar-refractivity contribution is 0.102. The van der Waals surface area contributed by atoms with Crippen LogP contribution in [0.3, 0.4) is 0 Å². The minimum Gasteiger partial charge on any atom is -0.314 e. The first-order chi connectivity index (χ1) is 8.60. The van der Waals surface area contributed by atoms with Gasteiger partial charge < -0.3 is 5.32 Å². The molecule has 0 bridgehead atoms. The Labute approximate surface area is 119 Å². The second-order valence-electron chi connectivity index (χ2n) is 4.13. The van der Waals surface area contributed by atoms with Crippen LogP contribution in [0.1, 0.15) is 26.4 Å². The third kappa shape index (κ3) is 3.00. The van der Waals surface area contributed by atoms with Gasteiger partial charge in [-0.15, -0.1) is 11.3 Å². The summed E-state index contributed by atoms with van der Waals surface area (Å²) in [5, 5.41) is 4.63. The van der Waals surface area contributed by atoms with Crippen LogP contribution in [-0.2, 0) is 5.33 Å². The number of carbonyl (C=O) groups excluding carboxylic acids is 1. The maximum absolute atomic E-state index is 12.0. The van der Waals surface area contributed by atoms with Crippen molar-refractivity contribution in [3.05, 3.63) is 51.9 Å². The zero-order chi connectivity index (χ0) is 13.1. The molecule has 0 radical (unpaired) electrons. The summed E-state index contributed by atoms with van der Waals surface area (Å²) in [6, 6.07) is 9.60. The third-order valence-electron chi connectivity index (χ3n) is 2.77. The molecule has 18 heavy (non-hydrogen) atoms. The Morgan fingerprint density at radius 3 is 2.44 bits per heavy atom. The number of rotatable bonds is 3. The van der Waals surface area contributed by atoms with E-state index in [2.05, 4.69) is 28.2 Å². The van der Waals surface area contributed by atoms with Crippen molar-refractivity contribution >= 4 is 38.2 Å². The van der Waals surface area contributed by atoms with Crippen molar-refractivity contribution in [1.29, 1.82) is 0 Å². The largest absolute Gasteiger partial charge is 0.314 e. The lowest BCUT2D eigenvalue weighted by Gasteiger charge is -2.03. The van der Waals surface area contributed by atoms with E-state index in [9.17, 15) is 4.79 Å². The quantitative estimate of drug-likeness (QED) is 0.827. The number of hydrogen-bond acceptors (Lipinski definition) is 2. The van der Waals surface area contributed by atoms with Crippen LogP contribution in [0.5, 0.6) is 0 Å². The van der Waals surface area contributed by atoms with Crippen molar-refractivity contribution < 1.29 is 4.79 Å². The van der Waals surface area contributed by atoms with Gasteiger partial charge in [0.2, 0.25) is 0 Å². The van der Waals surface area contributed by atoms with E-state index in [1.165, 1.54) is 10.4 Å². The van der Waals surface area contributed by atoms with Crippen LogP contribution in [0.25, 0.3) is 0 Å². The standard InChI is InChI=1S/C14H14BrNOS/c1-9-7-13(18-10(9)2)16-14(17)12-5-3-11(8-15)4-6-12/h3-7H,8H2,1-2H3,(H,16,17). The molecule has 2 rings (SSSR count). The molecule has 1 amide bonds. The molecule has 0 atom stereocenters. The molecule has 0 saturated carbocycles. The summed E-state index contributed by atoms with van der Waals surface area (Å²) in [5.74, 6) is -0.0580. The Morgan fingerprint density at radius 2 is 1.94 bits per heavy atom. The molecule has 94 valence electrons. The van der Waals surface area contributed by atoms with Gasteiger partial charge in [0.05, 0.1) is 5.00 Å². The lowest BCUT2D eigenvalue weighted by atomic mass is 10.1. The van der Waals surface area contributed by atoms with Crippen LogP contribution in [-0.4, -0.2) is 5.91 Å². The molecule has 0 aliphatic heterocycles. The molecule has 1 aromatic carbocycles. The van der Waals surface area contributed by atoms with Crippen molar-refractivity contribution in [2.75, 3.05) is 5.32 Å². The van der Waals surface area contributed by atoms with Crippen LogP contribution in [0.15, 0.2) is 30.3 Å². The van der Waals surface area contributed by atoms with Crippen molar-refractivity contribution in [1.82, 2.24) is 0 Å². The zero-order valence-electron chi connectivity index (χ0n) is 10.3. The first-order valence-electron chi connectivity index (χ1n) is 5.63. The Bertz CT molecular complexity index is 540. The van der Waals surface area contributed by atoms with Gasteiger partial charge in [-0.05, 0) is 43.2 Å². The van der Waals surface area contributed by atoms with Crippen molar-refractivity contribution in [3.8, 4) is 0 Å². The van der Waals surface area contributed by atoms with Crippen LogP contribution >= 0.6 is 27.3 Å². The summed E-state index contributed by atoms with van der Waals surface area (Å²) < 4.78 is 0. The average Bonchev–Trinajstić information content (AvgIpc) is 2.68. The van der Waals surface area contributed by atoms with Crippen molar-refractivity contribution in [3.63, 3.8) is 0 Å². The number of nitrogens with one attached hydrogen (secondary N) is 1. The average molecular weight is 324 g/mol. The first-order valence-corrected chi connectivity index (χ1v) is 7.57. The SMILES string of the molecule is Cc1cc(NC(=O)c2ccc(CBr)cc2)sc1C. The smallest absolute Gasteiger partial charge is 0.256 e. The highest BCUT2D eigenvalue weighted by atomic mass is 79.9. The molecule has 0 aliphatic rings. The van der Waals surface area contributed by atoms with Crippen LogP contribution in [0.4, 0.5) is 5.00 Å². The fraction of sp³-hybridized carbons (Fsp3) is 0.214. The van der Waals surface area contributed by atoms with Crippen molar-refractivity contribution in [2.45, 2.75) is 19.2 Å². The summed E-state index contributed by atoms with van der Waals surface area (Å²) in [6.07, 6.45) is 0. The maximum atomic E-state index is 12.0. The number of anilines is 1. The monoisotopic (exact) mass is 323 g/mol. The maximum Gasteiger partial charge on any atom is 0.256 e. The highest BCUT2D eigenvalue weighted by molar-refractivity contribution is 9.08. The summed E-state index contributed by atoms with van der Waals surface area (Å²) in [4.78, 5) is 13.3. The topological polar surface area (TPSA) is 29.1 Å². The summed E-state index contributed by atoms with van der Waals surface area (Å²) in [7, 11) is 0. The minimum absolute atomic E-state index is 0.0580. The highest BCUT2D eigenvalue weighted by Gasteiger charge is 2.08. The zero-order valence-corrected chi connectivity index (χ0v) is 12.7. The van der Waals surface area contributed by atoms with E-state index in [1.54, 1.807) is 11.3 Å². The number of benzene rings is 1. The van der Waals surface area contributed by atoms with Gasteiger partial charge in [0.25, 0.3) is 5.91 Å². The number of alkyl halides is 1. The number of halogens is 1. The van der Waals surface area contributed by atoms with Crippen LogP contribution in [0, 0.1) is 13.8 Å². The molecule has 0 fully saturated rings. The Kier molecular flexibility index (Phi) is 4.19. The fourth-order valence-electron chi connectivity index (χ4n) is 1.56. The third-order valence-corrected chi connectivity index (χ3v) is 4.49. The van der Waals surface area contributed by atoms with Gasteiger partial charge in [0, 0.05) is 15.8 Å². The van der Waals surface area contributed by atoms with Gasteiger partial charge in [-0.3, -0.25) is 4.79 Å². The van der Waals surface area contributed by atoms with Gasteiger partial charge in [-0.25, -0.2) is 0 Å². The van der Waals surface area contributed by atoms with E-state index in [0.29, 0.717) is 5.56 Å². The summed E-state index contributed by atoms with van der Waals surface area (Å²) in [5.41, 5.74) is 3.06.